The van der Waals surface area contributed by atoms with Crippen LogP contribution in [0.15, 0.2) is 24.4 Å². The van der Waals surface area contributed by atoms with Gasteiger partial charge in [-0.15, -0.1) is 0 Å². The molecule has 0 fully saturated rings. The van der Waals surface area contributed by atoms with Crippen LogP contribution in [-0.4, -0.2) is 4.98 Å². The Bertz CT molecular complexity index is 162. The van der Waals surface area contributed by atoms with Crippen LogP contribution >= 0.6 is 0 Å². The summed E-state index contributed by atoms with van der Waals surface area (Å²) in [5.41, 5.74) is 4.90. The van der Waals surface area contributed by atoms with E-state index in [-0.39, 0.29) is 0 Å². The van der Waals surface area contributed by atoms with E-state index in [2.05, 4.69) is 15.9 Å². The minimum absolute atomic E-state index is 0.708. The summed E-state index contributed by atoms with van der Waals surface area (Å²) in [6, 6.07) is 5.51. The number of anilines is 1. The van der Waals surface area contributed by atoms with Gasteiger partial charge in [-0.05, 0) is 12.1 Å². The highest BCUT2D eigenvalue weighted by Crippen LogP contribution is 1.95. The molecule has 0 aliphatic rings. The molecule has 0 aliphatic carbocycles. The zero-order chi connectivity index (χ0) is 6.53. The van der Waals surface area contributed by atoms with E-state index in [9.17, 15) is 0 Å². The van der Waals surface area contributed by atoms with Gasteiger partial charge in [-0.25, -0.2) is 4.98 Å². The van der Waals surface area contributed by atoms with E-state index >= 15 is 0 Å². The first kappa shape index (κ1) is 6.00. The van der Waals surface area contributed by atoms with Crippen molar-refractivity contribution in [1.29, 1.82) is 0 Å². The first-order valence-corrected chi connectivity index (χ1v) is 2.56. The van der Waals surface area contributed by atoms with Gasteiger partial charge >= 0.3 is 0 Å². The van der Waals surface area contributed by atoms with Crippen LogP contribution in [0.4, 0.5) is 5.82 Å². The topological polar surface area (TPSA) is 63.0 Å². The van der Waals surface area contributed by atoms with Gasteiger partial charge in [0.2, 0.25) is 0 Å². The Morgan fingerprint density at radius 1 is 1.44 bits per heavy atom. The molecule has 0 unspecified atom stereocenters. The highest BCUT2D eigenvalue weighted by molar-refractivity contribution is 5.31. The fraction of sp³-hybridized carbons (Fsp3) is 0. The van der Waals surface area contributed by atoms with Crippen molar-refractivity contribution in [2.75, 3.05) is 5.43 Å². The highest BCUT2D eigenvalue weighted by Gasteiger charge is 1.82. The zero-order valence-corrected chi connectivity index (χ0v) is 4.83. The number of nitrogens with one attached hydrogen (secondary N) is 2. The molecule has 0 amide bonds. The van der Waals surface area contributed by atoms with Crippen molar-refractivity contribution in [2.24, 2.45) is 5.84 Å². The van der Waals surface area contributed by atoms with E-state index in [0.717, 1.165) is 0 Å². The second-order valence-electron chi connectivity index (χ2n) is 1.48. The molecule has 0 spiro atoms. The number of hydrazine groups is 2. The summed E-state index contributed by atoms with van der Waals surface area (Å²) < 4.78 is 0. The molecular formula is C5H8N4. The van der Waals surface area contributed by atoms with Gasteiger partial charge in [0.1, 0.15) is 5.82 Å². The number of hydrogen-bond acceptors (Lipinski definition) is 4. The second-order valence-corrected chi connectivity index (χ2v) is 1.48. The molecule has 1 heterocycles. The summed E-state index contributed by atoms with van der Waals surface area (Å²) in [6.07, 6.45) is 1.68. The molecular weight excluding hydrogens is 116 g/mol. The van der Waals surface area contributed by atoms with Crippen molar-refractivity contribution in [3.8, 4) is 0 Å². The lowest BCUT2D eigenvalue weighted by Gasteiger charge is -1.99. The normalized spacial score (nSPS) is 9.00. The summed E-state index contributed by atoms with van der Waals surface area (Å²) >= 11 is 0. The molecule has 4 N–H and O–H groups in total. The van der Waals surface area contributed by atoms with Crippen LogP contribution in [0.3, 0.4) is 0 Å². The summed E-state index contributed by atoms with van der Waals surface area (Å²) in [4.78, 5) is 3.91. The van der Waals surface area contributed by atoms with Crippen molar-refractivity contribution in [1.82, 2.24) is 10.5 Å². The Kier molecular flexibility index (Phi) is 2.00. The monoisotopic (exact) mass is 124 g/mol. The Labute approximate surface area is 53.0 Å². The lowest BCUT2D eigenvalue weighted by molar-refractivity contribution is 0.865. The summed E-state index contributed by atoms with van der Waals surface area (Å²) in [6.45, 7) is 0. The maximum absolute atomic E-state index is 4.96. The number of aromatic nitrogens is 1. The zero-order valence-electron chi connectivity index (χ0n) is 4.83. The van der Waals surface area contributed by atoms with Crippen LogP contribution in [0, 0.1) is 0 Å². The van der Waals surface area contributed by atoms with Crippen LogP contribution < -0.4 is 16.8 Å². The smallest absolute Gasteiger partial charge is 0.141 e. The van der Waals surface area contributed by atoms with E-state index in [1.807, 2.05) is 12.1 Å². The van der Waals surface area contributed by atoms with Gasteiger partial charge in [0.15, 0.2) is 0 Å². The predicted molar refractivity (Wildman–Crippen MR) is 35.2 cm³/mol. The minimum Gasteiger partial charge on any atom is -0.292 e. The van der Waals surface area contributed by atoms with Crippen molar-refractivity contribution in [3.63, 3.8) is 0 Å². The molecule has 1 aromatic rings. The van der Waals surface area contributed by atoms with Gasteiger partial charge < -0.3 is 0 Å². The molecule has 9 heavy (non-hydrogen) atoms. The van der Waals surface area contributed by atoms with Gasteiger partial charge in [0.25, 0.3) is 0 Å². The third-order valence-corrected chi connectivity index (χ3v) is 0.865. The maximum Gasteiger partial charge on any atom is 0.141 e. The number of rotatable bonds is 2. The Hall–Kier alpha value is -1.13. The van der Waals surface area contributed by atoms with Crippen LogP contribution in [-0.2, 0) is 0 Å². The molecule has 48 valence electrons. The van der Waals surface area contributed by atoms with Gasteiger partial charge in [-0.2, -0.15) is 5.53 Å². The number of nitrogens with zero attached hydrogens (tertiary/aromatic N) is 1. The maximum atomic E-state index is 4.96. The average Bonchev–Trinajstić information content (AvgIpc) is 1.91. The quantitative estimate of drug-likeness (QED) is 0.379. The molecule has 0 radical (unpaired) electrons. The van der Waals surface area contributed by atoms with Crippen molar-refractivity contribution < 1.29 is 0 Å². The average molecular weight is 124 g/mol. The number of pyridine rings is 1. The fourth-order valence-corrected chi connectivity index (χ4v) is 0.511. The van der Waals surface area contributed by atoms with Gasteiger partial charge in [-0.1, -0.05) is 6.07 Å². The third-order valence-electron chi connectivity index (χ3n) is 0.865. The first-order valence-electron chi connectivity index (χ1n) is 2.56. The van der Waals surface area contributed by atoms with Crippen molar-refractivity contribution in [2.45, 2.75) is 0 Å². The largest absolute Gasteiger partial charge is 0.292 e. The third kappa shape index (κ3) is 1.67. The van der Waals surface area contributed by atoms with E-state index in [4.69, 9.17) is 5.84 Å². The van der Waals surface area contributed by atoms with E-state index in [0.29, 0.717) is 5.82 Å². The Morgan fingerprint density at radius 3 is 2.89 bits per heavy atom. The number of nitrogens with two attached hydrogens (primary N) is 1. The molecule has 4 nitrogen and oxygen atoms in total. The van der Waals surface area contributed by atoms with Crippen molar-refractivity contribution >= 4 is 5.82 Å². The summed E-state index contributed by atoms with van der Waals surface area (Å²) in [7, 11) is 0. The summed E-state index contributed by atoms with van der Waals surface area (Å²) in [5, 5.41) is 0. The second kappa shape index (κ2) is 3.01. The molecule has 1 rings (SSSR count). The lowest BCUT2D eigenvalue weighted by Crippen LogP contribution is -2.29. The van der Waals surface area contributed by atoms with Crippen LogP contribution in [0.5, 0.6) is 0 Å². The predicted octanol–water partition coefficient (Wildman–Crippen LogP) is -0.128. The van der Waals surface area contributed by atoms with Crippen molar-refractivity contribution in [3.05, 3.63) is 24.4 Å². The molecule has 0 bridgehead atoms. The van der Waals surface area contributed by atoms with Crippen LogP contribution in [0.25, 0.3) is 0 Å². The van der Waals surface area contributed by atoms with E-state index in [1.165, 1.54) is 0 Å². The lowest BCUT2D eigenvalue weighted by atomic mass is 10.5. The number of hydrogen-bond donors (Lipinski definition) is 3. The molecule has 1 aromatic heterocycles. The van der Waals surface area contributed by atoms with Gasteiger partial charge in [-0.3, -0.25) is 11.3 Å². The highest BCUT2D eigenvalue weighted by atomic mass is 15.5. The molecule has 0 aromatic carbocycles. The molecule has 4 heteroatoms. The molecule has 0 aliphatic heterocycles. The first-order chi connectivity index (χ1) is 4.43. The summed E-state index contributed by atoms with van der Waals surface area (Å²) in [5.74, 6) is 5.67. The van der Waals surface area contributed by atoms with Gasteiger partial charge in [0, 0.05) is 6.20 Å². The molecule has 0 saturated heterocycles. The minimum atomic E-state index is 0.708. The Morgan fingerprint density at radius 2 is 2.33 bits per heavy atom. The van der Waals surface area contributed by atoms with E-state index < -0.39 is 0 Å². The molecule has 0 atom stereocenters. The SMILES string of the molecule is NNNc1ccccn1. The Balaban J connectivity index is 2.61. The van der Waals surface area contributed by atoms with Crippen LogP contribution in [0.1, 0.15) is 0 Å². The van der Waals surface area contributed by atoms with Gasteiger partial charge in [0.05, 0.1) is 0 Å². The standard InChI is InChI=1S/C5H8N4/c6-9-8-5-3-1-2-4-7-5/h1-4,9H,6H2,(H,7,8). The fourth-order valence-electron chi connectivity index (χ4n) is 0.511. The van der Waals surface area contributed by atoms with Crippen LogP contribution in [0.2, 0.25) is 0 Å². The molecule has 0 saturated carbocycles. The van der Waals surface area contributed by atoms with E-state index in [1.54, 1.807) is 12.3 Å².